The largest absolute Gasteiger partial charge is 0.339 e. The van der Waals surface area contributed by atoms with Gasteiger partial charge in [0.1, 0.15) is 5.52 Å². The summed E-state index contributed by atoms with van der Waals surface area (Å²) in [6.45, 7) is 0.192. The van der Waals surface area contributed by atoms with Crippen LogP contribution >= 0.6 is 11.6 Å². The number of H-pyrrole nitrogens is 1. The van der Waals surface area contributed by atoms with E-state index in [-0.39, 0.29) is 12.1 Å². The topological polar surface area (TPSA) is 72.7 Å². The van der Waals surface area contributed by atoms with Crippen molar-refractivity contribution >= 4 is 22.8 Å². The van der Waals surface area contributed by atoms with E-state index in [0.717, 1.165) is 5.56 Å². The lowest BCUT2D eigenvalue weighted by Gasteiger charge is -2.08. The van der Waals surface area contributed by atoms with Crippen molar-refractivity contribution < 1.29 is 0 Å². The van der Waals surface area contributed by atoms with Gasteiger partial charge >= 0.3 is 5.69 Å². The summed E-state index contributed by atoms with van der Waals surface area (Å²) >= 11 is 5.82. The predicted molar refractivity (Wildman–Crippen MR) is 76.1 cm³/mol. The molecule has 0 aliphatic rings. The Hall–Kier alpha value is -2.34. The summed E-state index contributed by atoms with van der Waals surface area (Å²) in [4.78, 5) is 31.2. The fourth-order valence-corrected chi connectivity index (χ4v) is 2.23. The molecule has 3 aromatic rings. The highest BCUT2D eigenvalue weighted by molar-refractivity contribution is 6.30. The fraction of sp³-hybridized carbons (Fsp3) is 0.154. The van der Waals surface area contributed by atoms with Gasteiger partial charge in [0, 0.05) is 12.1 Å². The number of benzene rings is 1. The van der Waals surface area contributed by atoms with Crippen LogP contribution in [-0.2, 0) is 13.6 Å². The van der Waals surface area contributed by atoms with Crippen molar-refractivity contribution in [3.63, 3.8) is 0 Å². The molecule has 0 radical (unpaired) electrons. The van der Waals surface area contributed by atoms with Crippen molar-refractivity contribution in [3.05, 3.63) is 62.0 Å². The third kappa shape index (κ3) is 1.94. The second kappa shape index (κ2) is 4.64. The minimum absolute atomic E-state index is 0.192. The van der Waals surface area contributed by atoms with E-state index in [1.807, 2.05) is 0 Å². The lowest BCUT2D eigenvalue weighted by molar-refractivity contribution is 0.657. The summed E-state index contributed by atoms with van der Waals surface area (Å²) in [5.74, 6) is 0. The van der Waals surface area contributed by atoms with Crippen molar-refractivity contribution in [1.82, 2.24) is 19.1 Å². The van der Waals surface area contributed by atoms with Crippen molar-refractivity contribution in [2.45, 2.75) is 6.54 Å². The maximum Gasteiger partial charge on any atom is 0.332 e. The molecule has 0 unspecified atom stereocenters. The molecular formula is C13H11ClN4O2. The van der Waals surface area contributed by atoms with E-state index in [0.29, 0.717) is 16.2 Å². The smallest absolute Gasteiger partial charge is 0.332 e. The number of fused-ring (bicyclic) bond motifs is 1. The van der Waals surface area contributed by atoms with Crippen molar-refractivity contribution in [2.24, 2.45) is 7.05 Å². The molecule has 0 saturated heterocycles. The zero-order chi connectivity index (χ0) is 14.3. The van der Waals surface area contributed by atoms with Gasteiger partial charge in [0.15, 0.2) is 5.65 Å². The highest BCUT2D eigenvalue weighted by Crippen LogP contribution is 2.10. The van der Waals surface area contributed by atoms with E-state index in [1.165, 1.54) is 15.5 Å². The number of rotatable bonds is 2. The van der Waals surface area contributed by atoms with Gasteiger partial charge in [0.2, 0.25) is 0 Å². The number of aromatic nitrogens is 4. The van der Waals surface area contributed by atoms with Crippen LogP contribution in [0.1, 0.15) is 5.56 Å². The first-order chi connectivity index (χ1) is 9.58. The summed E-state index contributed by atoms with van der Waals surface area (Å²) in [5.41, 5.74) is 0.723. The van der Waals surface area contributed by atoms with Gasteiger partial charge in [-0.05, 0) is 17.7 Å². The Morgan fingerprint density at radius 1 is 1.25 bits per heavy atom. The number of nitrogens with one attached hydrogen (secondary N) is 1. The lowest BCUT2D eigenvalue weighted by atomic mass is 10.2. The highest BCUT2D eigenvalue weighted by Gasteiger charge is 2.12. The molecule has 0 amide bonds. The summed E-state index contributed by atoms with van der Waals surface area (Å²) in [6.07, 6.45) is 1.40. The van der Waals surface area contributed by atoms with Crippen LogP contribution < -0.4 is 11.2 Å². The SMILES string of the molecule is Cn1c(=O)n(Cc2ccc(Cl)cc2)c(=O)c2[nH]cnc21. The zero-order valence-electron chi connectivity index (χ0n) is 10.6. The van der Waals surface area contributed by atoms with Crippen LogP contribution in [0.3, 0.4) is 0 Å². The first-order valence-electron chi connectivity index (χ1n) is 5.95. The molecule has 3 rings (SSSR count). The number of aryl methyl sites for hydroxylation is 1. The first-order valence-corrected chi connectivity index (χ1v) is 6.33. The molecule has 2 heterocycles. The van der Waals surface area contributed by atoms with Crippen LogP contribution in [0.25, 0.3) is 11.2 Å². The molecule has 7 heteroatoms. The van der Waals surface area contributed by atoms with E-state index in [1.54, 1.807) is 31.3 Å². The molecule has 0 aliphatic carbocycles. The van der Waals surface area contributed by atoms with Crippen LogP contribution in [0.5, 0.6) is 0 Å². The molecule has 0 saturated carbocycles. The maximum absolute atomic E-state index is 12.3. The molecule has 6 nitrogen and oxygen atoms in total. The number of hydrogen-bond acceptors (Lipinski definition) is 3. The average molecular weight is 291 g/mol. The standard InChI is InChI=1S/C13H11ClN4O2/c1-17-11-10(15-7-16-11)12(19)18(13(17)20)6-8-2-4-9(14)5-3-8/h2-5,7H,6H2,1H3,(H,15,16). The minimum Gasteiger partial charge on any atom is -0.339 e. The molecule has 1 aromatic carbocycles. The van der Waals surface area contributed by atoms with Crippen molar-refractivity contribution in [3.8, 4) is 0 Å². The Kier molecular flexibility index (Phi) is 2.94. The Balaban J connectivity index is 2.18. The van der Waals surface area contributed by atoms with Gasteiger partial charge in [-0.3, -0.25) is 13.9 Å². The van der Waals surface area contributed by atoms with Crippen LogP contribution in [-0.4, -0.2) is 19.1 Å². The molecule has 1 N–H and O–H groups in total. The number of hydrogen-bond donors (Lipinski definition) is 1. The van der Waals surface area contributed by atoms with Crippen molar-refractivity contribution in [2.75, 3.05) is 0 Å². The van der Waals surface area contributed by atoms with E-state index in [9.17, 15) is 9.59 Å². The minimum atomic E-state index is -0.399. The summed E-state index contributed by atoms with van der Waals surface area (Å²) in [6, 6.07) is 7.01. The molecule has 20 heavy (non-hydrogen) atoms. The quantitative estimate of drug-likeness (QED) is 0.769. The Labute approximate surface area is 118 Å². The fourth-order valence-electron chi connectivity index (χ4n) is 2.10. The molecule has 0 fully saturated rings. The van der Waals surface area contributed by atoms with E-state index >= 15 is 0 Å². The second-order valence-electron chi connectivity index (χ2n) is 4.46. The molecule has 102 valence electrons. The number of nitrogens with zero attached hydrogens (tertiary/aromatic N) is 3. The lowest BCUT2D eigenvalue weighted by Crippen LogP contribution is -2.39. The molecule has 0 aliphatic heterocycles. The predicted octanol–water partition coefficient (Wildman–Crippen LogP) is 1.12. The molecular weight excluding hydrogens is 280 g/mol. The maximum atomic E-state index is 12.3. The molecule has 0 atom stereocenters. The molecule has 0 spiro atoms. The van der Waals surface area contributed by atoms with Gasteiger partial charge in [-0.2, -0.15) is 0 Å². The molecule has 0 bridgehead atoms. The van der Waals surface area contributed by atoms with E-state index in [4.69, 9.17) is 11.6 Å². The van der Waals surface area contributed by atoms with Crippen LogP contribution in [0.4, 0.5) is 0 Å². The van der Waals surface area contributed by atoms with Gasteiger partial charge in [0.25, 0.3) is 5.56 Å². The van der Waals surface area contributed by atoms with E-state index < -0.39 is 5.69 Å². The van der Waals surface area contributed by atoms with Crippen LogP contribution in [0, 0.1) is 0 Å². The van der Waals surface area contributed by atoms with Crippen LogP contribution in [0.15, 0.2) is 40.2 Å². The van der Waals surface area contributed by atoms with E-state index in [2.05, 4.69) is 9.97 Å². The molecule has 2 aromatic heterocycles. The summed E-state index contributed by atoms with van der Waals surface area (Å²) in [7, 11) is 1.59. The third-order valence-electron chi connectivity index (χ3n) is 3.17. The normalized spacial score (nSPS) is 11.1. The summed E-state index contributed by atoms with van der Waals surface area (Å²) < 4.78 is 2.52. The highest BCUT2D eigenvalue weighted by atomic mass is 35.5. The monoisotopic (exact) mass is 290 g/mol. The van der Waals surface area contributed by atoms with Gasteiger partial charge in [0.05, 0.1) is 12.9 Å². The van der Waals surface area contributed by atoms with Gasteiger partial charge < -0.3 is 4.98 Å². The zero-order valence-corrected chi connectivity index (χ0v) is 11.4. The third-order valence-corrected chi connectivity index (χ3v) is 3.42. The number of halogens is 1. The first kappa shape index (κ1) is 12.7. The van der Waals surface area contributed by atoms with Crippen molar-refractivity contribution in [1.29, 1.82) is 0 Å². The van der Waals surface area contributed by atoms with Crippen LogP contribution in [0.2, 0.25) is 5.02 Å². The number of aromatic amines is 1. The van der Waals surface area contributed by atoms with Gasteiger partial charge in [-0.15, -0.1) is 0 Å². The average Bonchev–Trinajstić information content (AvgIpc) is 2.93. The number of imidazole rings is 1. The van der Waals surface area contributed by atoms with Gasteiger partial charge in [-0.25, -0.2) is 9.78 Å². The Morgan fingerprint density at radius 3 is 2.65 bits per heavy atom. The Bertz CT molecular complexity index is 889. The second-order valence-corrected chi connectivity index (χ2v) is 4.90. The van der Waals surface area contributed by atoms with Gasteiger partial charge in [-0.1, -0.05) is 23.7 Å². The Morgan fingerprint density at radius 2 is 1.95 bits per heavy atom. The summed E-state index contributed by atoms with van der Waals surface area (Å²) in [5, 5.41) is 0.609.